The van der Waals surface area contributed by atoms with Crippen LogP contribution in [0.1, 0.15) is 49.9 Å². The van der Waals surface area contributed by atoms with Gasteiger partial charge in [0.25, 0.3) is 0 Å². The van der Waals surface area contributed by atoms with E-state index in [0.717, 1.165) is 5.69 Å². The predicted molar refractivity (Wildman–Crippen MR) is 232 cm³/mol. The molecule has 0 saturated heterocycles. The fraction of sp³-hybridized carbons (Fsp3) is 0.115. The van der Waals surface area contributed by atoms with Crippen LogP contribution in [0, 0.1) is 0 Å². The predicted octanol–water partition coefficient (Wildman–Crippen LogP) is 15.0. The van der Waals surface area contributed by atoms with Gasteiger partial charge in [0, 0.05) is 47.9 Å². The van der Waals surface area contributed by atoms with Crippen LogP contribution in [0.15, 0.2) is 164 Å². The summed E-state index contributed by atoms with van der Waals surface area (Å²) >= 11 is 1.88. The maximum absolute atomic E-state index is 2.50. The average molecular weight is 710 g/mol. The van der Waals surface area contributed by atoms with Crippen LogP contribution in [0.25, 0.3) is 64.3 Å². The Morgan fingerprint density at radius 1 is 0.426 bits per heavy atom. The number of rotatable bonds is 4. The van der Waals surface area contributed by atoms with Crippen LogP contribution in [-0.2, 0) is 10.8 Å². The van der Waals surface area contributed by atoms with Crippen molar-refractivity contribution in [2.24, 2.45) is 0 Å². The fourth-order valence-corrected chi connectivity index (χ4v) is 10.8. The smallest absolute Gasteiger partial charge is 0.0543 e. The summed E-state index contributed by atoms with van der Waals surface area (Å²) in [5.74, 6) is 0. The molecule has 2 heteroatoms. The molecule has 11 rings (SSSR count). The summed E-state index contributed by atoms with van der Waals surface area (Å²) in [6.07, 6.45) is 0. The summed E-state index contributed by atoms with van der Waals surface area (Å²) in [6.45, 7) is 9.47. The highest BCUT2D eigenvalue weighted by Gasteiger charge is 2.39. The van der Waals surface area contributed by atoms with E-state index in [1.54, 1.807) is 0 Å². The maximum atomic E-state index is 2.50. The molecule has 258 valence electrons. The molecule has 0 fully saturated rings. The highest BCUT2D eigenvalue weighted by molar-refractivity contribution is 7.26. The van der Waals surface area contributed by atoms with Crippen molar-refractivity contribution in [2.45, 2.75) is 38.5 Å². The normalized spacial score (nSPS) is 14.6. The number of benzene rings is 8. The lowest BCUT2D eigenvalue weighted by molar-refractivity contribution is 0.660. The van der Waals surface area contributed by atoms with Crippen molar-refractivity contribution in [3.05, 3.63) is 186 Å². The molecule has 8 aromatic carbocycles. The van der Waals surface area contributed by atoms with Crippen LogP contribution in [0.4, 0.5) is 17.1 Å². The van der Waals surface area contributed by atoms with Crippen LogP contribution in [0.3, 0.4) is 0 Å². The molecule has 1 heterocycles. The number of hydrogen-bond donors (Lipinski definition) is 0. The highest BCUT2D eigenvalue weighted by Crippen LogP contribution is 2.55. The van der Waals surface area contributed by atoms with E-state index in [0.29, 0.717) is 0 Å². The van der Waals surface area contributed by atoms with Crippen molar-refractivity contribution < 1.29 is 0 Å². The monoisotopic (exact) mass is 709 g/mol. The van der Waals surface area contributed by atoms with E-state index in [1.807, 2.05) is 11.3 Å². The molecular weight excluding hydrogens is 671 g/mol. The van der Waals surface area contributed by atoms with Crippen molar-refractivity contribution in [1.82, 2.24) is 0 Å². The Kier molecular flexibility index (Phi) is 6.59. The molecule has 2 aliphatic rings. The molecule has 2 aliphatic carbocycles. The van der Waals surface area contributed by atoms with E-state index in [-0.39, 0.29) is 10.8 Å². The van der Waals surface area contributed by atoms with Crippen molar-refractivity contribution in [2.75, 3.05) is 4.90 Å². The van der Waals surface area contributed by atoms with Gasteiger partial charge in [-0.05, 0) is 109 Å². The van der Waals surface area contributed by atoms with Crippen LogP contribution < -0.4 is 4.90 Å². The first-order valence-electron chi connectivity index (χ1n) is 19.0. The lowest BCUT2D eigenvalue weighted by atomic mass is 9.82. The molecule has 0 unspecified atom stereocenters. The molecule has 0 N–H and O–H groups in total. The molecule has 0 aliphatic heterocycles. The molecule has 0 radical (unpaired) electrons. The van der Waals surface area contributed by atoms with Gasteiger partial charge in [-0.1, -0.05) is 143 Å². The zero-order valence-corrected chi connectivity index (χ0v) is 31.8. The summed E-state index contributed by atoms with van der Waals surface area (Å²) in [5.41, 5.74) is 16.7. The lowest BCUT2D eigenvalue weighted by Crippen LogP contribution is -2.17. The molecule has 0 atom stereocenters. The largest absolute Gasteiger partial charge is 0.310 e. The number of thiophene rings is 1. The topological polar surface area (TPSA) is 3.24 Å². The Morgan fingerprint density at radius 3 is 1.91 bits per heavy atom. The Labute approximate surface area is 320 Å². The zero-order chi connectivity index (χ0) is 36.3. The van der Waals surface area contributed by atoms with Gasteiger partial charge in [-0.2, -0.15) is 0 Å². The van der Waals surface area contributed by atoms with Crippen molar-refractivity contribution >= 4 is 59.3 Å². The van der Waals surface area contributed by atoms with Gasteiger partial charge in [-0.15, -0.1) is 11.3 Å². The molecule has 0 spiro atoms. The summed E-state index contributed by atoms with van der Waals surface area (Å²) in [6, 6.07) is 61.5. The van der Waals surface area contributed by atoms with Crippen molar-refractivity contribution in [1.29, 1.82) is 0 Å². The third kappa shape index (κ3) is 4.38. The Balaban J connectivity index is 1.07. The minimum Gasteiger partial charge on any atom is -0.310 e. The van der Waals surface area contributed by atoms with E-state index >= 15 is 0 Å². The fourth-order valence-electron chi connectivity index (χ4n) is 9.72. The standard InChI is InChI=1S/C52H39NS/c1-51(2)43-16-9-6-13-40(43)50-44(51)17-11-18-46(50)53(36-26-28-39-38-12-5-8-15-42(38)52(3,4)45(39)31-36)35-24-20-32(21-25-35)33-22-27-37-34(30-33)23-29-48-49(37)41-14-7-10-19-47(41)54-48/h5-31H,1-4H3. The van der Waals surface area contributed by atoms with Crippen LogP contribution in [0.5, 0.6) is 0 Å². The SMILES string of the molecule is CC1(C)c2ccccc2-c2ccc(N(c3ccc(-c4ccc5c(ccc6sc7ccccc7c65)c4)cc3)c3cccc4c3-c3ccccc3C4(C)C)cc21. The summed E-state index contributed by atoms with van der Waals surface area (Å²) in [4.78, 5) is 2.50. The van der Waals surface area contributed by atoms with Crippen LogP contribution in [-0.4, -0.2) is 0 Å². The first-order chi connectivity index (χ1) is 26.3. The average Bonchev–Trinajstić information content (AvgIpc) is 3.78. The van der Waals surface area contributed by atoms with Crippen molar-refractivity contribution in [3.8, 4) is 33.4 Å². The molecule has 9 aromatic rings. The van der Waals surface area contributed by atoms with E-state index in [4.69, 9.17) is 0 Å². The van der Waals surface area contributed by atoms with Gasteiger partial charge in [0.2, 0.25) is 0 Å². The quantitative estimate of drug-likeness (QED) is 0.176. The number of fused-ring (bicyclic) bond motifs is 11. The number of nitrogens with zero attached hydrogens (tertiary/aromatic N) is 1. The van der Waals surface area contributed by atoms with E-state index in [1.165, 1.54) is 98.0 Å². The second kappa shape index (κ2) is 11.3. The molecule has 54 heavy (non-hydrogen) atoms. The molecule has 1 aromatic heterocycles. The number of hydrogen-bond acceptors (Lipinski definition) is 2. The Hall–Kier alpha value is -5.96. The van der Waals surface area contributed by atoms with Gasteiger partial charge in [0.15, 0.2) is 0 Å². The zero-order valence-electron chi connectivity index (χ0n) is 30.9. The lowest BCUT2D eigenvalue weighted by Gasteiger charge is -2.30. The minimum atomic E-state index is -0.0956. The van der Waals surface area contributed by atoms with Crippen LogP contribution >= 0.6 is 11.3 Å². The van der Waals surface area contributed by atoms with Gasteiger partial charge in [0.1, 0.15) is 0 Å². The first-order valence-corrected chi connectivity index (χ1v) is 19.8. The van der Waals surface area contributed by atoms with Gasteiger partial charge < -0.3 is 4.90 Å². The van der Waals surface area contributed by atoms with Gasteiger partial charge >= 0.3 is 0 Å². The van der Waals surface area contributed by atoms with Crippen LogP contribution in [0.2, 0.25) is 0 Å². The molecule has 0 bridgehead atoms. The summed E-state index contributed by atoms with van der Waals surface area (Å²) in [7, 11) is 0. The Bertz CT molecular complexity index is 3000. The number of anilines is 3. The molecule has 0 amide bonds. The van der Waals surface area contributed by atoms with E-state index < -0.39 is 0 Å². The summed E-state index contributed by atoms with van der Waals surface area (Å²) < 4.78 is 2.69. The Morgan fingerprint density at radius 2 is 1.07 bits per heavy atom. The first kappa shape index (κ1) is 31.6. The highest BCUT2D eigenvalue weighted by atomic mass is 32.1. The maximum Gasteiger partial charge on any atom is 0.0543 e. The third-order valence-corrected chi connectivity index (χ3v) is 13.6. The van der Waals surface area contributed by atoms with Gasteiger partial charge in [-0.3, -0.25) is 0 Å². The third-order valence-electron chi connectivity index (χ3n) is 12.5. The van der Waals surface area contributed by atoms with Crippen molar-refractivity contribution in [3.63, 3.8) is 0 Å². The molecular formula is C52H39NS. The minimum absolute atomic E-state index is 0.0873. The second-order valence-electron chi connectivity index (χ2n) is 16.1. The second-order valence-corrected chi connectivity index (χ2v) is 17.2. The van der Waals surface area contributed by atoms with E-state index in [2.05, 4.69) is 196 Å². The molecule has 1 nitrogen and oxygen atoms in total. The molecule has 0 saturated carbocycles. The van der Waals surface area contributed by atoms with Gasteiger partial charge in [-0.25, -0.2) is 0 Å². The van der Waals surface area contributed by atoms with E-state index in [9.17, 15) is 0 Å². The van der Waals surface area contributed by atoms with Gasteiger partial charge in [0.05, 0.1) is 5.69 Å². The summed E-state index contributed by atoms with van der Waals surface area (Å²) in [5, 5.41) is 5.31.